The van der Waals surface area contributed by atoms with E-state index in [0.717, 1.165) is 19.9 Å². The van der Waals surface area contributed by atoms with Gasteiger partial charge in [0.05, 0.1) is 18.1 Å². The standard InChI is InChI=1S/C21H27NO10/c1-14(23)18(19(25)31-10-8-29-3)13-21(15(2)24,20(26)32-11-9-30-4)16-6-5-7-17(12-16)22(27)28/h5-7,12,18H,8-11,13H2,1-4H3/t18-,21-/m1/s1. The molecule has 0 aliphatic heterocycles. The number of hydrogen-bond acceptors (Lipinski definition) is 10. The van der Waals surface area contributed by atoms with Crippen LogP contribution in [0.5, 0.6) is 0 Å². The van der Waals surface area contributed by atoms with Crippen molar-refractivity contribution >= 4 is 29.2 Å². The van der Waals surface area contributed by atoms with Gasteiger partial charge in [-0.25, -0.2) is 0 Å². The zero-order valence-corrected chi connectivity index (χ0v) is 18.5. The molecule has 2 atom stereocenters. The van der Waals surface area contributed by atoms with Crippen LogP contribution in [0, 0.1) is 16.0 Å². The molecule has 11 nitrogen and oxygen atoms in total. The van der Waals surface area contributed by atoms with Crippen molar-refractivity contribution in [1.29, 1.82) is 0 Å². The molecule has 0 aliphatic rings. The lowest BCUT2D eigenvalue weighted by molar-refractivity contribution is -0.384. The van der Waals surface area contributed by atoms with E-state index >= 15 is 0 Å². The number of nitrogens with zero attached hydrogens (tertiary/aromatic N) is 1. The van der Waals surface area contributed by atoms with E-state index in [4.69, 9.17) is 18.9 Å². The number of Topliss-reactive ketones (excluding diaryl/α,β-unsaturated/α-hetero) is 2. The first-order valence-corrected chi connectivity index (χ1v) is 9.70. The van der Waals surface area contributed by atoms with E-state index in [2.05, 4.69) is 0 Å². The lowest BCUT2D eigenvalue weighted by Crippen LogP contribution is -2.48. The summed E-state index contributed by atoms with van der Waals surface area (Å²) >= 11 is 0. The maximum atomic E-state index is 13.2. The van der Waals surface area contributed by atoms with Crippen molar-refractivity contribution in [3.05, 3.63) is 39.9 Å². The van der Waals surface area contributed by atoms with Crippen molar-refractivity contribution in [2.75, 3.05) is 40.6 Å². The average Bonchev–Trinajstić information content (AvgIpc) is 2.74. The molecule has 0 radical (unpaired) electrons. The summed E-state index contributed by atoms with van der Waals surface area (Å²) in [6, 6.07) is 4.87. The Balaban J connectivity index is 3.54. The minimum atomic E-state index is -2.16. The van der Waals surface area contributed by atoms with Gasteiger partial charge in [-0.3, -0.25) is 29.3 Å². The first-order chi connectivity index (χ1) is 15.1. The van der Waals surface area contributed by atoms with Crippen molar-refractivity contribution in [3.8, 4) is 0 Å². The lowest BCUT2D eigenvalue weighted by Gasteiger charge is -2.31. The average molecular weight is 453 g/mol. The molecular formula is C21H27NO10. The van der Waals surface area contributed by atoms with E-state index in [1.807, 2.05) is 0 Å². The molecule has 0 amide bonds. The number of carbonyl (C=O) groups is 4. The fraction of sp³-hybridized carbons (Fsp3) is 0.524. The summed E-state index contributed by atoms with van der Waals surface area (Å²) in [6.07, 6.45) is -0.615. The van der Waals surface area contributed by atoms with Crippen LogP contribution >= 0.6 is 0 Å². The number of non-ortho nitro benzene ring substituents is 1. The highest BCUT2D eigenvalue weighted by Crippen LogP contribution is 2.36. The van der Waals surface area contributed by atoms with Crippen LogP contribution in [0.25, 0.3) is 0 Å². The second kappa shape index (κ2) is 12.6. The van der Waals surface area contributed by atoms with Gasteiger partial charge < -0.3 is 18.9 Å². The van der Waals surface area contributed by atoms with E-state index in [0.29, 0.717) is 0 Å². The van der Waals surface area contributed by atoms with Gasteiger partial charge in [0, 0.05) is 26.4 Å². The quantitative estimate of drug-likeness (QED) is 0.133. The summed E-state index contributed by atoms with van der Waals surface area (Å²) in [5.41, 5.74) is -2.60. The number of ketones is 2. The maximum Gasteiger partial charge on any atom is 0.324 e. The van der Waals surface area contributed by atoms with Crippen LogP contribution in [-0.2, 0) is 43.5 Å². The molecular weight excluding hydrogens is 426 g/mol. The van der Waals surface area contributed by atoms with E-state index in [-0.39, 0.29) is 37.7 Å². The summed E-state index contributed by atoms with van der Waals surface area (Å²) in [6.45, 7) is 1.98. The molecule has 0 N–H and O–H groups in total. The van der Waals surface area contributed by atoms with Gasteiger partial charge in [0.1, 0.15) is 24.9 Å². The Morgan fingerprint density at radius 2 is 1.59 bits per heavy atom. The first kappa shape index (κ1) is 26.9. The Morgan fingerprint density at radius 3 is 2.09 bits per heavy atom. The highest BCUT2D eigenvalue weighted by molar-refractivity contribution is 6.10. The van der Waals surface area contributed by atoms with Crippen LogP contribution in [0.2, 0.25) is 0 Å². The molecule has 1 aromatic rings. The van der Waals surface area contributed by atoms with Crippen molar-refractivity contribution in [2.24, 2.45) is 5.92 Å². The Labute approximate surface area is 185 Å². The van der Waals surface area contributed by atoms with Gasteiger partial charge in [0.2, 0.25) is 0 Å². The first-order valence-electron chi connectivity index (χ1n) is 9.70. The third-order valence-corrected chi connectivity index (χ3v) is 4.84. The van der Waals surface area contributed by atoms with Crippen LogP contribution in [0.3, 0.4) is 0 Å². The molecule has 0 bridgehead atoms. The summed E-state index contributed by atoms with van der Waals surface area (Å²) < 4.78 is 19.9. The molecule has 176 valence electrons. The van der Waals surface area contributed by atoms with Gasteiger partial charge in [-0.2, -0.15) is 0 Å². The molecule has 11 heteroatoms. The van der Waals surface area contributed by atoms with E-state index in [9.17, 15) is 29.3 Å². The van der Waals surface area contributed by atoms with Crippen LogP contribution in [0.4, 0.5) is 5.69 Å². The summed E-state index contributed by atoms with van der Waals surface area (Å²) in [4.78, 5) is 61.4. The molecule has 1 aromatic carbocycles. The largest absolute Gasteiger partial charge is 0.463 e. The number of carbonyl (C=O) groups excluding carboxylic acids is 4. The number of methoxy groups -OCH3 is 2. The van der Waals surface area contributed by atoms with E-state index < -0.39 is 46.2 Å². The number of benzene rings is 1. The highest BCUT2D eigenvalue weighted by Gasteiger charge is 2.51. The summed E-state index contributed by atoms with van der Waals surface area (Å²) in [5, 5.41) is 11.3. The Bertz CT molecular complexity index is 853. The van der Waals surface area contributed by atoms with Gasteiger partial charge in [0.15, 0.2) is 11.2 Å². The third-order valence-electron chi connectivity index (χ3n) is 4.84. The van der Waals surface area contributed by atoms with Gasteiger partial charge in [-0.1, -0.05) is 12.1 Å². The summed E-state index contributed by atoms with van der Waals surface area (Å²) in [5.74, 6) is -4.90. The minimum Gasteiger partial charge on any atom is -0.463 e. The lowest BCUT2D eigenvalue weighted by atomic mass is 9.70. The predicted molar refractivity (Wildman–Crippen MR) is 110 cm³/mol. The van der Waals surface area contributed by atoms with Crippen LogP contribution in [-0.4, -0.2) is 69.1 Å². The van der Waals surface area contributed by atoms with E-state index in [1.165, 1.54) is 32.4 Å². The molecule has 32 heavy (non-hydrogen) atoms. The smallest absolute Gasteiger partial charge is 0.324 e. The third kappa shape index (κ3) is 6.66. The molecule has 0 aromatic heterocycles. The monoisotopic (exact) mass is 453 g/mol. The number of esters is 2. The van der Waals surface area contributed by atoms with Crippen LogP contribution < -0.4 is 0 Å². The van der Waals surface area contributed by atoms with Crippen molar-refractivity contribution in [3.63, 3.8) is 0 Å². The fourth-order valence-corrected chi connectivity index (χ4v) is 3.06. The Kier molecular flexibility index (Phi) is 10.6. The molecule has 0 saturated carbocycles. The number of rotatable bonds is 14. The van der Waals surface area contributed by atoms with Crippen LogP contribution in [0.1, 0.15) is 25.8 Å². The van der Waals surface area contributed by atoms with Crippen LogP contribution in [0.15, 0.2) is 24.3 Å². The predicted octanol–water partition coefficient (Wildman–Crippen LogP) is 1.40. The van der Waals surface area contributed by atoms with Gasteiger partial charge >= 0.3 is 11.9 Å². The normalized spacial score (nSPS) is 13.5. The molecule has 1 rings (SSSR count). The molecule has 0 unspecified atom stereocenters. The number of hydrogen-bond donors (Lipinski definition) is 0. The summed E-state index contributed by atoms with van der Waals surface area (Å²) in [7, 11) is 2.78. The zero-order chi connectivity index (χ0) is 24.3. The second-order valence-electron chi connectivity index (χ2n) is 6.93. The van der Waals surface area contributed by atoms with Gasteiger partial charge in [-0.15, -0.1) is 0 Å². The number of nitro benzene ring substituents is 1. The molecule has 0 heterocycles. The number of ether oxygens (including phenoxy) is 4. The molecule has 0 aliphatic carbocycles. The van der Waals surface area contributed by atoms with E-state index in [1.54, 1.807) is 0 Å². The fourth-order valence-electron chi connectivity index (χ4n) is 3.06. The second-order valence-corrected chi connectivity index (χ2v) is 6.93. The topological polar surface area (TPSA) is 148 Å². The van der Waals surface area contributed by atoms with Crippen molar-refractivity contribution in [1.82, 2.24) is 0 Å². The molecule has 0 fully saturated rings. The highest BCUT2D eigenvalue weighted by atomic mass is 16.6. The zero-order valence-electron chi connectivity index (χ0n) is 18.5. The van der Waals surface area contributed by atoms with Gasteiger partial charge in [0.25, 0.3) is 5.69 Å². The minimum absolute atomic E-state index is 0.0316. The molecule has 0 spiro atoms. The molecule has 0 saturated heterocycles. The van der Waals surface area contributed by atoms with Gasteiger partial charge in [-0.05, 0) is 25.8 Å². The Hall–Kier alpha value is -3.18. The SMILES string of the molecule is COCCOC(=O)[C@H](C[C@](C(C)=O)(C(=O)OCCOC)c1cccc([N+](=O)[O-])c1)C(C)=O. The Morgan fingerprint density at radius 1 is 1.00 bits per heavy atom. The van der Waals surface area contributed by atoms with Crippen molar-refractivity contribution < 1.29 is 43.0 Å². The van der Waals surface area contributed by atoms with Crippen molar-refractivity contribution in [2.45, 2.75) is 25.7 Å². The number of nitro groups is 1. The maximum absolute atomic E-state index is 13.2.